The molecule has 0 unspecified atom stereocenters. The molecule has 0 aliphatic carbocycles. The Hall–Kier alpha value is -1.62. The summed E-state index contributed by atoms with van der Waals surface area (Å²) < 4.78 is 18.1. The first-order valence-corrected chi connectivity index (χ1v) is 5.57. The Labute approximate surface area is 100.0 Å². The van der Waals surface area contributed by atoms with Gasteiger partial charge in [0.2, 0.25) is 5.91 Å². The van der Waals surface area contributed by atoms with Crippen molar-refractivity contribution in [3.8, 4) is 5.75 Å². The summed E-state index contributed by atoms with van der Waals surface area (Å²) in [6.45, 7) is 1.31. The number of nitrogens with one attached hydrogen (secondary N) is 1. The van der Waals surface area contributed by atoms with Gasteiger partial charge < -0.3 is 15.8 Å². The molecule has 1 rings (SSSR count). The average molecular weight is 240 g/mol. The van der Waals surface area contributed by atoms with E-state index in [1.165, 1.54) is 12.1 Å². The number of rotatable bonds is 7. The predicted octanol–water partition coefficient (Wildman–Crippen LogP) is 1.06. The fraction of sp³-hybridized carbons (Fsp3) is 0.417. The summed E-state index contributed by atoms with van der Waals surface area (Å²) in [4.78, 5) is 11.2. The molecule has 0 saturated heterocycles. The van der Waals surface area contributed by atoms with Crippen LogP contribution in [0.3, 0.4) is 0 Å². The zero-order valence-electron chi connectivity index (χ0n) is 9.62. The molecule has 5 heteroatoms. The molecule has 0 aliphatic rings. The fourth-order valence-electron chi connectivity index (χ4n) is 1.28. The van der Waals surface area contributed by atoms with Gasteiger partial charge in [-0.05, 0) is 18.6 Å². The van der Waals surface area contributed by atoms with E-state index < -0.39 is 0 Å². The van der Waals surface area contributed by atoms with Crippen LogP contribution in [0.4, 0.5) is 4.39 Å². The van der Waals surface area contributed by atoms with Gasteiger partial charge >= 0.3 is 0 Å². The molecule has 0 aliphatic heterocycles. The summed E-state index contributed by atoms with van der Waals surface area (Å²) in [5, 5.41) is 2.66. The molecule has 0 radical (unpaired) electrons. The van der Waals surface area contributed by atoms with Gasteiger partial charge in [0.25, 0.3) is 0 Å². The molecule has 4 nitrogen and oxygen atoms in total. The van der Waals surface area contributed by atoms with E-state index in [0.29, 0.717) is 38.3 Å². The van der Waals surface area contributed by atoms with Crippen LogP contribution in [0.1, 0.15) is 12.8 Å². The lowest BCUT2D eigenvalue weighted by Crippen LogP contribution is -2.29. The number of carbonyl (C=O) groups excluding carboxylic acids is 1. The van der Waals surface area contributed by atoms with Gasteiger partial charge in [-0.3, -0.25) is 4.79 Å². The Balaban J connectivity index is 2.14. The standard InChI is InChI=1S/C12H17FN2O2/c13-10-3-1-4-11(9-10)17-8-2-5-12(16)15-7-6-14/h1,3-4,9H,2,5-8,14H2,(H,15,16). The maximum Gasteiger partial charge on any atom is 0.220 e. The molecule has 0 aromatic heterocycles. The van der Waals surface area contributed by atoms with Crippen LogP contribution in [0.15, 0.2) is 24.3 Å². The topological polar surface area (TPSA) is 64.3 Å². The third-order valence-corrected chi connectivity index (χ3v) is 2.08. The van der Waals surface area contributed by atoms with Crippen LogP contribution < -0.4 is 15.8 Å². The molecule has 0 saturated carbocycles. The minimum absolute atomic E-state index is 0.0432. The molecule has 1 aromatic carbocycles. The maximum absolute atomic E-state index is 12.8. The largest absolute Gasteiger partial charge is 0.493 e. The number of carbonyl (C=O) groups is 1. The zero-order valence-corrected chi connectivity index (χ0v) is 9.62. The molecule has 94 valence electrons. The van der Waals surface area contributed by atoms with Gasteiger partial charge in [0.15, 0.2) is 0 Å². The van der Waals surface area contributed by atoms with Crippen molar-refractivity contribution in [2.45, 2.75) is 12.8 Å². The highest BCUT2D eigenvalue weighted by Gasteiger charge is 2.00. The van der Waals surface area contributed by atoms with Crippen molar-refractivity contribution < 1.29 is 13.9 Å². The molecule has 0 atom stereocenters. The Morgan fingerprint density at radius 3 is 3.00 bits per heavy atom. The SMILES string of the molecule is NCCNC(=O)CCCOc1cccc(F)c1. The van der Waals surface area contributed by atoms with Crippen molar-refractivity contribution in [3.05, 3.63) is 30.1 Å². The molecule has 0 fully saturated rings. The number of hydrogen-bond acceptors (Lipinski definition) is 3. The van der Waals surface area contributed by atoms with Gasteiger partial charge in [-0.1, -0.05) is 6.07 Å². The van der Waals surface area contributed by atoms with E-state index in [2.05, 4.69) is 5.32 Å². The van der Waals surface area contributed by atoms with E-state index in [1.807, 2.05) is 0 Å². The van der Waals surface area contributed by atoms with E-state index in [4.69, 9.17) is 10.5 Å². The molecular formula is C12H17FN2O2. The fourth-order valence-corrected chi connectivity index (χ4v) is 1.28. The first-order valence-electron chi connectivity index (χ1n) is 5.57. The first-order chi connectivity index (χ1) is 8.22. The number of hydrogen-bond donors (Lipinski definition) is 2. The lowest BCUT2D eigenvalue weighted by Gasteiger charge is -2.06. The smallest absolute Gasteiger partial charge is 0.220 e. The van der Waals surface area contributed by atoms with Crippen molar-refractivity contribution in [3.63, 3.8) is 0 Å². The van der Waals surface area contributed by atoms with Gasteiger partial charge in [-0.25, -0.2) is 4.39 Å². The Kier molecular flexibility index (Phi) is 6.03. The summed E-state index contributed by atoms with van der Waals surface area (Å²) in [5.41, 5.74) is 5.25. The summed E-state index contributed by atoms with van der Waals surface area (Å²) in [6, 6.07) is 5.93. The number of nitrogens with two attached hydrogens (primary N) is 1. The lowest BCUT2D eigenvalue weighted by molar-refractivity contribution is -0.121. The van der Waals surface area contributed by atoms with Crippen molar-refractivity contribution in [2.75, 3.05) is 19.7 Å². The van der Waals surface area contributed by atoms with E-state index >= 15 is 0 Å². The molecule has 0 heterocycles. The molecule has 0 spiro atoms. The molecule has 3 N–H and O–H groups in total. The molecule has 1 aromatic rings. The normalized spacial score (nSPS) is 10.0. The highest BCUT2D eigenvalue weighted by Crippen LogP contribution is 2.12. The molecule has 17 heavy (non-hydrogen) atoms. The van der Waals surface area contributed by atoms with Crippen LogP contribution in [0.2, 0.25) is 0 Å². The van der Waals surface area contributed by atoms with Crippen molar-refractivity contribution in [1.82, 2.24) is 5.32 Å². The van der Waals surface area contributed by atoms with Gasteiger partial charge in [0, 0.05) is 25.6 Å². The average Bonchev–Trinajstić information content (AvgIpc) is 2.32. The van der Waals surface area contributed by atoms with E-state index in [-0.39, 0.29) is 11.7 Å². The highest BCUT2D eigenvalue weighted by atomic mass is 19.1. The summed E-state index contributed by atoms with van der Waals surface area (Å²) in [7, 11) is 0. The predicted molar refractivity (Wildman–Crippen MR) is 63.2 cm³/mol. The zero-order chi connectivity index (χ0) is 12.5. The second-order valence-corrected chi connectivity index (χ2v) is 3.55. The number of ether oxygens (including phenoxy) is 1. The van der Waals surface area contributed by atoms with Crippen molar-refractivity contribution in [1.29, 1.82) is 0 Å². The Bertz CT molecular complexity index is 358. The first kappa shape index (κ1) is 13.4. The van der Waals surface area contributed by atoms with Crippen LogP contribution in [-0.2, 0) is 4.79 Å². The Morgan fingerprint density at radius 1 is 1.47 bits per heavy atom. The van der Waals surface area contributed by atoms with Crippen LogP contribution >= 0.6 is 0 Å². The van der Waals surface area contributed by atoms with Crippen LogP contribution in [-0.4, -0.2) is 25.6 Å². The molecular weight excluding hydrogens is 223 g/mol. The molecule has 1 amide bonds. The van der Waals surface area contributed by atoms with Crippen molar-refractivity contribution in [2.24, 2.45) is 5.73 Å². The summed E-state index contributed by atoms with van der Waals surface area (Å²) in [6.07, 6.45) is 0.974. The number of benzene rings is 1. The molecule has 0 bridgehead atoms. The van der Waals surface area contributed by atoms with Crippen LogP contribution in [0.25, 0.3) is 0 Å². The number of amides is 1. The lowest BCUT2D eigenvalue weighted by atomic mass is 10.3. The van der Waals surface area contributed by atoms with Crippen LogP contribution in [0, 0.1) is 5.82 Å². The third-order valence-electron chi connectivity index (χ3n) is 2.08. The monoisotopic (exact) mass is 240 g/mol. The number of halogens is 1. The summed E-state index contributed by atoms with van der Waals surface area (Å²) >= 11 is 0. The highest BCUT2D eigenvalue weighted by molar-refractivity contribution is 5.75. The third kappa shape index (κ3) is 5.87. The van der Waals surface area contributed by atoms with Gasteiger partial charge in [-0.15, -0.1) is 0 Å². The van der Waals surface area contributed by atoms with Gasteiger partial charge in [0.05, 0.1) is 6.61 Å². The van der Waals surface area contributed by atoms with Crippen molar-refractivity contribution >= 4 is 5.91 Å². The van der Waals surface area contributed by atoms with E-state index in [0.717, 1.165) is 0 Å². The second-order valence-electron chi connectivity index (χ2n) is 3.55. The maximum atomic E-state index is 12.8. The quantitative estimate of drug-likeness (QED) is 0.700. The van der Waals surface area contributed by atoms with Gasteiger partial charge in [0.1, 0.15) is 11.6 Å². The van der Waals surface area contributed by atoms with E-state index in [1.54, 1.807) is 12.1 Å². The Morgan fingerprint density at radius 2 is 2.29 bits per heavy atom. The minimum atomic E-state index is -0.330. The van der Waals surface area contributed by atoms with E-state index in [9.17, 15) is 9.18 Å². The minimum Gasteiger partial charge on any atom is -0.493 e. The van der Waals surface area contributed by atoms with Crippen LogP contribution in [0.5, 0.6) is 5.75 Å². The summed E-state index contributed by atoms with van der Waals surface area (Å²) in [5.74, 6) is 0.105. The van der Waals surface area contributed by atoms with Gasteiger partial charge in [-0.2, -0.15) is 0 Å². The second kappa shape index (κ2) is 7.62.